The zero-order valence-corrected chi connectivity index (χ0v) is 9.44. The number of ether oxygens (including phenoxy) is 1. The van der Waals surface area contributed by atoms with Gasteiger partial charge in [-0.25, -0.2) is 4.79 Å². The Kier molecular flexibility index (Phi) is 3.19. The van der Waals surface area contributed by atoms with Crippen molar-refractivity contribution in [2.75, 3.05) is 7.11 Å². The van der Waals surface area contributed by atoms with Crippen molar-refractivity contribution in [2.45, 2.75) is 19.3 Å². The summed E-state index contributed by atoms with van der Waals surface area (Å²) >= 11 is 0. The van der Waals surface area contributed by atoms with Crippen LogP contribution in [0.2, 0.25) is 0 Å². The molecule has 0 heterocycles. The number of nitriles is 1. The van der Waals surface area contributed by atoms with E-state index in [1.807, 2.05) is 0 Å². The number of esters is 1. The number of phenolic OH excluding ortho intramolecular Hbond substituents is 1. The Morgan fingerprint density at radius 3 is 2.62 bits per heavy atom. The molecule has 0 bridgehead atoms. The molecule has 1 aromatic carbocycles. The van der Waals surface area contributed by atoms with Crippen LogP contribution in [-0.2, 0) is 10.2 Å². The molecule has 1 N–H and O–H groups in total. The van der Waals surface area contributed by atoms with E-state index in [9.17, 15) is 9.90 Å². The van der Waals surface area contributed by atoms with Crippen molar-refractivity contribution in [3.05, 3.63) is 29.3 Å². The fourth-order valence-corrected chi connectivity index (χ4v) is 1.26. The summed E-state index contributed by atoms with van der Waals surface area (Å²) in [5.41, 5.74) is 0.0211. The maximum Gasteiger partial charge on any atom is 0.341 e. The molecule has 0 radical (unpaired) electrons. The molecule has 0 aliphatic rings. The smallest absolute Gasteiger partial charge is 0.341 e. The Hall–Kier alpha value is -2.02. The van der Waals surface area contributed by atoms with Gasteiger partial charge in [-0.2, -0.15) is 5.26 Å². The Bertz CT molecular complexity index is 458. The van der Waals surface area contributed by atoms with Gasteiger partial charge in [-0.1, -0.05) is 6.07 Å². The van der Waals surface area contributed by atoms with E-state index in [1.54, 1.807) is 19.9 Å². The number of nitrogens with zero attached hydrogens (tertiary/aromatic N) is 1. The number of hydrogen-bond acceptors (Lipinski definition) is 4. The third-order valence-electron chi connectivity index (χ3n) is 2.40. The second-order valence-electron chi connectivity index (χ2n) is 3.96. The predicted molar refractivity (Wildman–Crippen MR) is 58.1 cm³/mol. The first-order chi connectivity index (χ1) is 7.42. The van der Waals surface area contributed by atoms with E-state index in [0.29, 0.717) is 5.56 Å². The zero-order valence-electron chi connectivity index (χ0n) is 9.44. The molecule has 0 aliphatic carbocycles. The maximum absolute atomic E-state index is 11.3. The number of hydrogen-bond donors (Lipinski definition) is 1. The minimum absolute atomic E-state index is 0.0725. The molecule has 0 aliphatic heterocycles. The lowest BCUT2D eigenvalue weighted by Gasteiger charge is -2.16. The van der Waals surface area contributed by atoms with Gasteiger partial charge in [0.25, 0.3) is 0 Å². The number of methoxy groups -OCH3 is 1. The summed E-state index contributed by atoms with van der Waals surface area (Å²) in [4.78, 5) is 11.3. The highest BCUT2D eigenvalue weighted by Crippen LogP contribution is 2.27. The van der Waals surface area contributed by atoms with Crippen LogP contribution >= 0.6 is 0 Å². The van der Waals surface area contributed by atoms with Crippen LogP contribution < -0.4 is 0 Å². The van der Waals surface area contributed by atoms with Crippen molar-refractivity contribution in [3.8, 4) is 11.8 Å². The molecule has 16 heavy (non-hydrogen) atoms. The van der Waals surface area contributed by atoms with Gasteiger partial charge in [-0.05, 0) is 31.5 Å². The number of rotatable bonds is 2. The van der Waals surface area contributed by atoms with E-state index in [2.05, 4.69) is 10.8 Å². The van der Waals surface area contributed by atoms with Crippen molar-refractivity contribution >= 4 is 5.97 Å². The number of aromatic hydroxyl groups is 1. The molecular formula is C12H13NO3. The van der Waals surface area contributed by atoms with E-state index in [0.717, 1.165) is 0 Å². The average Bonchev–Trinajstić information content (AvgIpc) is 2.28. The van der Waals surface area contributed by atoms with Gasteiger partial charge in [0, 0.05) is 0 Å². The molecule has 0 saturated heterocycles. The Labute approximate surface area is 94.1 Å². The number of carbonyl (C=O) groups excluding carboxylic acids is 1. The first-order valence-corrected chi connectivity index (χ1v) is 4.75. The molecule has 0 amide bonds. The second-order valence-corrected chi connectivity index (χ2v) is 3.96. The molecule has 0 unspecified atom stereocenters. The quantitative estimate of drug-likeness (QED) is 0.772. The van der Waals surface area contributed by atoms with E-state index >= 15 is 0 Å². The lowest BCUT2D eigenvalue weighted by atomic mass is 9.85. The monoisotopic (exact) mass is 219 g/mol. The largest absolute Gasteiger partial charge is 0.507 e. The summed E-state index contributed by atoms with van der Waals surface area (Å²) in [5, 5.41) is 18.5. The van der Waals surface area contributed by atoms with Crippen molar-refractivity contribution in [1.29, 1.82) is 5.26 Å². The van der Waals surface area contributed by atoms with E-state index in [1.165, 1.54) is 19.2 Å². The van der Waals surface area contributed by atoms with Crippen LogP contribution in [0, 0.1) is 11.3 Å². The highest BCUT2D eigenvalue weighted by atomic mass is 16.5. The van der Waals surface area contributed by atoms with Crippen LogP contribution in [0.4, 0.5) is 0 Å². The molecule has 1 rings (SSSR count). The van der Waals surface area contributed by atoms with Crippen molar-refractivity contribution < 1.29 is 14.6 Å². The molecule has 0 atom stereocenters. The summed E-state index contributed by atoms with van der Waals surface area (Å²) in [6, 6.07) is 6.61. The summed E-state index contributed by atoms with van der Waals surface area (Å²) in [7, 11) is 1.24. The standard InChI is InChI=1S/C12H13NO3/c1-12(2,7-13)8-4-5-10(14)9(6-8)11(15)16-3/h4-6,14H,1-3H3. The van der Waals surface area contributed by atoms with Crippen LogP contribution in [0.1, 0.15) is 29.8 Å². The summed E-state index contributed by atoms with van der Waals surface area (Å²) in [6.07, 6.45) is 0. The first kappa shape index (κ1) is 12.1. The third-order valence-corrected chi connectivity index (χ3v) is 2.40. The Morgan fingerprint density at radius 2 is 2.12 bits per heavy atom. The minimum atomic E-state index is -0.712. The molecule has 4 nitrogen and oxygen atoms in total. The van der Waals surface area contributed by atoms with Gasteiger partial charge in [0.1, 0.15) is 11.3 Å². The Morgan fingerprint density at radius 1 is 1.50 bits per heavy atom. The predicted octanol–water partition coefficient (Wildman–Crippen LogP) is 1.98. The molecular weight excluding hydrogens is 206 g/mol. The minimum Gasteiger partial charge on any atom is -0.507 e. The third kappa shape index (κ3) is 2.14. The highest BCUT2D eigenvalue weighted by molar-refractivity contribution is 5.92. The van der Waals surface area contributed by atoms with Crippen molar-refractivity contribution in [2.24, 2.45) is 0 Å². The van der Waals surface area contributed by atoms with Crippen molar-refractivity contribution in [3.63, 3.8) is 0 Å². The first-order valence-electron chi connectivity index (χ1n) is 4.75. The lowest BCUT2D eigenvalue weighted by molar-refractivity contribution is 0.0597. The van der Waals surface area contributed by atoms with Crippen LogP contribution in [0.15, 0.2) is 18.2 Å². The molecule has 0 saturated carbocycles. The molecule has 0 spiro atoms. The molecule has 0 fully saturated rings. The highest BCUT2D eigenvalue weighted by Gasteiger charge is 2.22. The van der Waals surface area contributed by atoms with E-state index < -0.39 is 11.4 Å². The number of phenols is 1. The average molecular weight is 219 g/mol. The Balaban J connectivity index is 3.29. The van der Waals surface area contributed by atoms with Crippen LogP contribution in [0.3, 0.4) is 0 Å². The van der Waals surface area contributed by atoms with Gasteiger partial charge in [0.2, 0.25) is 0 Å². The maximum atomic E-state index is 11.3. The summed E-state index contributed by atoms with van der Waals surface area (Å²) < 4.78 is 4.54. The van der Waals surface area contributed by atoms with Gasteiger partial charge in [-0.3, -0.25) is 0 Å². The van der Waals surface area contributed by atoms with E-state index in [-0.39, 0.29) is 11.3 Å². The van der Waals surface area contributed by atoms with E-state index in [4.69, 9.17) is 5.26 Å². The number of benzene rings is 1. The van der Waals surface area contributed by atoms with Gasteiger partial charge in [0.05, 0.1) is 18.6 Å². The van der Waals surface area contributed by atoms with Crippen molar-refractivity contribution in [1.82, 2.24) is 0 Å². The van der Waals surface area contributed by atoms with Gasteiger partial charge >= 0.3 is 5.97 Å². The normalized spacial score (nSPS) is 10.6. The molecule has 4 heteroatoms. The lowest BCUT2D eigenvalue weighted by Crippen LogP contribution is -2.15. The van der Waals surface area contributed by atoms with Crippen LogP contribution in [0.25, 0.3) is 0 Å². The second kappa shape index (κ2) is 4.23. The molecule has 0 aromatic heterocycles. The topological polar surface area (TPSA) is 70.3 Å². The zero-order chi connectivity index (χ0) is 12.3. The number of carbonyl (C=O) groups is 1. The molecule has 84 valence electrons. The van der Waals surface area contributed by atoms with Gasteiger partial charge in [-0.15, -0.1) is 0 Å². The fourth-order valence-electron chi connectivity index (χ4n) is 1.26. The van der Waals surface area contributed by atoms with Gasteiger partial charge < -0.3 is 9.84 Å². The SMILES string of the molecule is COC(=O)c1cc(C(C)(C)C#N)ccc1O. The summed E-state index contributed by atoms with van der Waals surface area (Å²) in [5.74, 6) is -0.766. The fraction of sp³-hybridized carbons (Fsp3) is 0.333. The van der Waals surface area contributed by atoms with Gasteiger partial charge in [0.15, 0.2) is 0 Å². The molecule has 1 aromatic rings. The summed E-state index contributed by atoms with van der Waals surface area (Å²) in [6.45, 7) is 3.47. The van der Waals surface area contributed by atoms with Crippen LogP contribution in [0.5, 0.6) is 5.75 Å². The van der Waals surface area contributed by atoms with Crippen LogP contribution in [-0.4, -0.2) is 18.2 Å².